The van der Waals surface area contributed by atoms with Crippen LogP contribution >= 0.6 is 0 Å². The van der Waals surface area contributed by atoms with Gasteiger partial charge in [-0.15, -0.1) is 0 Å². The Morgan fingerprint density at radius 2 is 2.00 bits per heavy atom. The van der Waals surface area contributed by atoms with Crippen molar-refractivity contribution in [3.8, 4) is 0 Å². The zero-order valence-corrected chi connectivity index (χ0v) is 9.05. The molecular formula is C13H10FN3. The van der Waals surface area contributed by atoms with Crippen molar-refractivity contribution < 1.29 is 4.39 Å². The third-order valence-electron chi connectivity index (χ3n) is 2.68. The van der Waals surface area contributed by atoms with E-state index < -0.39 is 0 Å². The number of imidazole rings is 1. The van der Waals surface area contributed by atoms with Crippen LogP contribution in [0.3, 0.4) is 0 Å². The molecule has 3 nitrogen and oxygen atoms in total. The number of hydrogen-bond acceptors (Lipinski definition) is 2. The van der Waals surface area contributed by atoms with Gasteiger partial charge in [-0.3, -0.25) is 0 Å². The van der Waals surface area contributed by atoms with Gasteiger partial charge in [0.2, 0.25) is 0 Å². The maximum absolute atomic E-state index is 13.5. The normalized spacial score (nSPS) is 10.9. The molecule has 84 valence electrons. The molecule has 0 unspecified atom stereocenters. The quantitative estimate of drug-likeness (QED) is 0.673. The van der Waals surface area contributed by atoms with E-state index in [1.54, 1.807) is 29.0 Å². The Kier molecular flexibility index (Phi) is 2.33. The molecule has 0 saturated heterocycles. The fourth-order valence-corrected chi connectivity index (χ4v) is 1.83. The van der Waals surface area contributed by atoms with Crippen molar-refractivity contribution in [3.63, 3.8) is 0 Å². The minimum absolute atomic E-state index is 0.208. The van der Waals surface area contributed by atoms with E-state index in [0.29, 0.717) is 12.0 Å². The molecule has 0 N–H and O–H groups in total. The third kappa shape index (κ3) is 1.78. The molecule has 0 saturated carbocycles. The summed E-state index contributed by atoms with van der Waals surface area (Å²) in [5, 5.41) is 4.20. The molecule has 1 aromatic carbocycles. The highest BCUT2D eigenvalue weighted by molar-refractivity contribution is 5.44. The lowest BCUT2D eigenvalue weighted by molar-refractivity contribution is 0.611. The molecule has 0 bridgehead atoms. The smallest absolute Gasteiger partial charge is 0.135 e. The lowest BCUT2D eigenvalue weighted by atomic mass is 10.1. The van der Waals surface area contributed by atoms with E-state index >= 15 is 0 Å². The predicted octanol–water partition coefficient (Wildman–Crippen LogP) is 2.46. The van der Waals surface area contributed by atoms with Gasteiger partial charge in [-0.25, -0.2) is 13.9 Å². The number of aromatic nitrogens is 3. The highest BCUT2D eigenvalue weighted by Crippen LogP contribution is 2.13. The SMILES string of the molecule is Fc1ccccc1Cc1ncc2cccnn12. The summed E-state index contributed by atoms with van der Waals surface area (Å²) in [6.45, 7) is 0. The minimum Gasteiger partial charge on any atom is -0.239 e. The van der Waals surface area contributed by atoms with Gasteiger partial charge in [0.1, 0.15) is 11.6 Å². The second kappa shape index (κ2) is 3.97. The average Bonchev–Trinajstić information content (AvgIpc) is 2.76. The van der Waals surface area contributed by atoms with Gasteiger partial charge in [0.15, 0.2) is 0 Å². The van der Waals surface area contributed by atoms with Crippen molar-refractivity contribution in [2.24, 2.45) is 0 Å². The maximum Gasteiger partial charge on any atom is 0.135 e. The van der Waals surface area contributed by atoms with Crippen molar-refractivity contribution in [2.75, 3.05) is 0 Å². The van der Waals surface area contributed by atoms with Crippen molar-refractivity contribution >= 4 is 5.52 Å². The number of hydrogen-bond donors (Lipinski definition) is 0. The number of nitrogens with zero attached hydrogens (tertiary/aromatic N) is 3. The fraction of sp³-hybridized carbons (Fsp3) is 0.0769. The standard InChI is InChI=1S/C13H10FN3/c14-12-6-2-1-4-10(12)8-13-15-9-11-5-3-7-16-17(11)13/h1-7,9H,8H2. The van der Waals surface area contributed by atoms with Crippen LogP contribution in [0.25, 0.3) is 5.52 Å². The Morgan fingerprint density at radius 3 is 2.88 bits per heavy atom. The number of halogens is 1. The summed E-state index contributed by atoms with van der Waals surface area (Å²) in [6, 6.07) is 10.5. The van der Waals surface area contributed by atoms with Crippen LogP contribution in [0, 0.1) is 5.82 Å². The molecular weight excluding hydrogens is 217 g/mol. The van der Waals surface area contributed by atoms with E-state index in [4.69, 9.17) is 0 Å². The van der Waals surface area contributed by atoms with Crippen LogP contribution < -0.4 is 0 Å². The molecule has 2 aromatic heterocycles. The van der Waals surface area contributed by atoms with Gasteiger partial charge >= 0.3 is 0 Å². The van der Waals surface area contributed by atoms with Crippen molar-refractivity contribution in [3.05, 3.63) is 66.0 Å². The maximum atomic E-state index is 13.5. The lowest BCUT2D eigenvalue weighted by Gasteiger charge is -2.01. The van der Waals surface area contributed by atoms with Gasteiger partial charge in [-0.05, 0) is 23.8 Å². The Morgan fingerprint density at radius 1 is 1.12 bits per heavy atom. The van der Waals surface area contributed by atoms with E-state index in [2.05, 4.69) is 10.1 Å². The van der Waals surface area contributed by atoms with Crippen LogP contribution in [-0.2, 0) is 6.42 Å². The van der Waals surface area contributed by atoms with Crippen molar-refractivity contribution in [1.82, 2.24) is 14.6 Å². The number of fused-ring (bicyclic) bond motifs is 1. The summed E-state index contributed by atoms with van der Waals surface area (Å²) in [5.41, 5.74) is 1.55. The Balaban J connectivity index is 2.03. The summed E-state index contributed by atoms with van der Waals surface area (Å²) < 4.78 is 15.3. The van der Waals surface area contributed by atoms with Gasteiger partial charge < -0.3 is 0 Å². The summed E-state index contributed by atoms with van der Waals surface area (Å²) in [6.07, 6.45) is 3.88. The second-order valence-corrected chi connectivity index (χ2v) is 3.80. The predicted molar refractivity (Wildman–Crippen MR) is 62.2 cm³/mol. The van der Waals surface area contributed by atoms with E-state index in [0.717, 1.165) is 11.3 Å². The van der Waals surface area contributed by atoms with Gasteiger partial charge in [0.05, 0.1) is 11.7 Å². The molecule has 4 heteroatoms. The molecule has 3 rings (SSSR count). The van der Waals surface area contributed by atoms with E-state index in [1.165, 1.54) is 6.07 Å². The van der Waals surface area contributed by atoms with Crippen molar-refractivity contribution in [2.45, 2.75) is 6.42 Å². The monoisotopic (exact) mass is 227 g/mol. The third-order valence-corrected chi connectivity index (χ3v) is 2.68. The molecule has 0 aliphatic rings. The molecule has 17 heavy (non-hydrogen) atoms. The highest BCUT2D eigenvalue weighted by atomic mass is 19.1. The van der Waals surface area contributed by atoms with Gasteiger partial charge in [-0.1, -0.05) is 18.2 Å². The topological polar surface area (TPSA) is 30.2 Å². The molecule has 0 spiro atoms. The number of rotatable bonds is 2. The van der Waals surface area contributed by atoms with Crippen LogP contribution in [0.4, 0.5) is 4.39 Å². The van der Waals surface area contributed by atoms with Crippen LogP contribution in [0.1, 0.15) is 11.4 Å². The highest BCUT2D eigenvalue weighted by Gasteiger charge is 2.07. The van der Waals surface area contributed by atoms with Gasteiger partial charge in [0.25, 0.3) is 0 Å². The van der Waals surface area contributed by atoms with E-state index in [1.807, 2.05) is 18.2 Å². The minimum atomic E-state index is -0.208. The lowest BCUT2D eigenvalue weighted by Crippen LogP contribution is -2.00. The molecule has 3 aromatic rings. The fourth-order valence-electron chi connectivity index (χ4n) is 1.83. The second-order valence-electron chi connectivity index (χ2n) is 3.80. The van der Waals surface area contributed by atoms with Crippen molar-refractivity contribution in [1.29, 1.82) is 0 Å². The summed E-state index contributed by atoms with van der Waals surface area (Å²) in [5.74, 6) is 0.533. The van der Waals surface area contributed by atoms with E-state index in [-0.39, 0.29) is 5.82 Å². The molecule has 0 aliphatic heterocycles. The van der Waals surface area contributed by atoms with Gasteiger partial charge in [0, 0.05) is 12.6 Å². The summed E-state index contributed by atoms with van der Waals surface area (Å²) in [7, 11) is 0. The zero-order valence-electron chi connectivity index (χ0n) is 9.05. The van der Waals surface area contributed by atoms with Crippen LogP contribution in [0.5, 0.6) is 0 Å². The van der Waals surface area contributed by atoms with E-state index in [9.17, 15) is 4.39 Å². The molecule has 0 amide bonds. The molecule has 0 aliphatic carbocycles. The van der Waals surface area contributed by atoms with Crippen LogP contribution in [-0.4, -0.2) is 14.6 Å². The zero-order chi connectivity index (χ0) is 11.7. The van der Waals surface area contributed by atoms with Crippen LogP contribution in [0.2, 0.25) is 0 Å². The Hall–Kier alpha value is -2.23. The molecule has 2 heterocycles. The first-order valence-corrected chi connectivity index (χ1v) is 5.35. The first-order valence-electron chi connectivity index (χ1n) is 5.35. The molecule has 0 atom stereocenters. The van der Waals surface area contributed by atoms with Crippen LogP contribution in [0.15, 0.2) is 48.8 Å². The molecule has 0 radical (unpaired) electrons. The summed E-state index contributed by atoms with van der Waals surface area (Å²) in [4.78, 5) is 4.27. The first-order chi connectivity index (χ1) is 8.34. The first kappa shape index (κ1) is 9.96. The average molecular weight is 227 g/mol. The number of benzene rings is 1. The summed E-state index contributed by atoms with van der Waals surface area (Å²) >= 11 is 0. The van der Waals surface area contributed by atoms with Gasteiger partial charge in [-0.2, -0.15) is 5.10 Å². The Labute approximate surface area is 97.5 Å². The largest absolute Gasteiger partial charge is 0.239 e. The molecule has 0 fully saturated rings. The Bertz CT molecular complexity index is 660.